The summed E-state index contributed by atoms with van der Waals surface area (Å²) in [7, 11) is 0. The summed E-state index contributed by atoms with van der Waals surface area (Å²) in [6, 6.07) is 0. The van der Waals surface area contributed by atoms with Crippen LogP contribution < -0.4 is 0 Å². The Morgan fingerprint density at radius 1 is 1.40 bits per heavy atom. The highest BCUT2D eigenvalue weighted by Gasteiger charge is 2.35. The molecular weight excluding hydrogens is 256 g/mol. The molecule has 1 N–H and O–H groups in total. The van der Waals surface area contributed by atoms with E-state index in [0.717, 1.165) is 17.7 Å². The summed E-state index contributed by atoms with van der Waals surface area (Å²) in [5, 5.41) is 14.5. The predicted octanol–water partition coefficient (Wildman–Crippen LogP) is 2.16. The number of rotatable bonds is 3. The van der Waals surface area contributed by atoms with Gasteiger partial charge in [0.2, 0.25) is 5.90 Å². The zero-order valence-electron chi connectivity index (χ0n) is 12.1. The lowest BCUT2D eigenvalue weighted by atomic mass is 9.95. The van der Waals surface area contributed by atoms with E-state index in [2.05, 4.69) is 10.1 Å². The van der Waals surface area contributed by atoms with Crippen molar-refractivity contribution in [3.05, 3.63) is 29.2 Å². The van der Waals surface area contributed by atoms with Crippen molar-refractivity contribution in [2.45, 2.75) is 51.2 Å². The Hall–Kier alpha value is -1.62. The van der Waals surface area contributed by atoms with Crippen LogP contribution in [-0.4, -0.2) is 33.9 Å². The Bertz CT molecular complexity index is 586. The van der Waals surface area contributed by atoms with Crippen molar-refractivity contribution < 1.29 is 14.4 Å². The number of hydrogen-bond donors (Lipinski definition) is 1. The third kappa shape index (κ3) is 2.38. The standard InChI is InChI=1S/C15H20N2O3/c1-10-12(13-16-14(2,3)9-19-13)11(20-17-10)8-15(18)6-4-5-7-15/h4,6,18H,5,7-9H2,1-3H3. The van der Waals surface area contributed by atoms with Crippen molar-refractivity contribution in [3.63, 3.8) is 0 Å². The van der Waals surface area contributed by atoms with E-state index in [9.17, 15) is 5.11 Å². The van der Waals surface area contributed by atoms with Gasteiger partial charge < -0.3 is 14.4 Å². The van der Waals surface area contributed by atoms with Gasteiger partial charge in [-0.2, -0.15) is 0 Å². The summed E-state index contributed by atoms with van der Waals surface area (Å²) in [4.78, 5) is 4.58. The minimum absolute atomic E-state index is 0.222. The number of aromatic nitrogens is 1. The van der Waals surface area contributed by atoms with Crippen molar-refractivity contribution in [3.8, 4) is 0 Å². The molecule has 0 saturated heterocycles. The number of hydrogen-bond acceptors (Lipinski definition) is 5. The lowest BCUT2D eigenvalue weighted by Crippen LogP contribution is -2.26. The van der Waals surface area contributed by atoms with E-state index in [1.807, 2.05) is 32.9 Å². The molecule has 1 aliphatic carbocycles. The van der Waals surface area contributed by atoms with Gasteiger partial charge in [-0.05, 0) is 33.6 Å². The van der Waals surface area contributed by atoms with Crippen LogP contribution >= 0.6 is 0 Å². The van der Waals surface area contributed by atoms with Gasteiger partial charge in [-0.3, -0.25) is 0 Å². The van der Waals surface area contributed by atoms with E-state index in [1.165, 1.54) is 0 Å². The van der Waals surface area contributed by atoms with Crippen molar-refractivity contribution in [2.24, 2.45) is 4.99 Å². The Kier molecular flexibility index (Phi) is 2.97. The minimum atomic E-state index is -0.838. The van der Waals surface area contributed by atoms with Crippen molar-refractivity contribution >= 4 is 5.90 Å². The first-order chi connectivity index (χ1) is 9.39. The maximum Gasteiger partial charge on any atom is 0.222 e. The average Bonchev–Trinajstić information content (AvgIpc) is 3.01. The number of aliphatic imine (C=N–C) groups is 1. The fourth-order valence-corrected chi connectivity index (χ4v) is 2.67. The number of nitrogens with zero attached hydrogens (tertiary/aromatic N) is 2. The molecule has 0 bridgehead atoms. The summed E-state index contributed by atoms with van der Waals surface area (Å²) in [5.41, 5.74) is 0.488. The number of aliphatic hydroxyl groups is 1. The maximum absolute atomic E-state index is 10.5. The summed E-state index contributed by atoms with van der Waals surface area (Å²) < 4.78 is 11.1. The van der Waals surface area contributed by atoms with Crippen LogP contribution in [0, 0.1) is 6.92 Å². The lowest BCUT2D eigenvalue weighted by Gasteiger charge is -2.18. The normalized spacial score (nSPS) is 27.7. The van der Waals surface area contributed by atoms with Gasteiger partial charge in [0.25, 0.3) is 0 Å². The summed E-state index contributed by atoms with van der Waals surface area (Å²) in [6.07, 6.45) is 5.85. The topological polar surface area (TPSA) is 67.9 Å². The fraction of sp³-hybridized carbons (Fsp3) is 0.600. The third-order valence-corrected chi connectivity index (χ3v) is 3.75. The van der Waals surface area contributed by atoms with E-state index in [4.69, 9.17) is 9.26 Å². The first-order valence-corrected chi connectivity index (χ1v) is 6.97. The van der Waals surface area contributed by atoms with Crippen LogP contribution in [0.25, 0.3) is 0 Å². The third-order valence-electron chi connectivity index (χ3n) is 3.75. The highest BCUT2D eigenvalue weighted by atomic mass is 16.5. The highest BCUT2D eigenvalue weighted by Crippen LogP contribution is 2.31. The molecule has 0 radical (unpaired) electrons. The molecule has 0 aromatic carbocycles. The quantitative estimate of drug-likeness (QED) is 0.859. The molecule has 1 aliphatic heterocycles. The molecule has 0 fully saturated rings. The zero-order valence-corrected chi connectivity index (χ0v) is 12.1. The maximum atomic E-state index is 10.5. The second-order valence-corrected chi connectivity index (χ2v) is 6.31. The summed E-state index contributed by atoms with van der Waals surface area (Å²) >= 11 is 0. The molecule has 1 unspecified atom stereocenters. The van der Waals surface area contributed by atoms with Crippen LogP contribution in [0.15, 0.2) is 21.7 Å². The fourth-order valence-electron chi connectivity index (χ4n) is 2.67. The van der Waals surface area contributed by atoms with Crippen molar-refractivity contribution in [1.29, 1.82) is 0 Å². The van der Waals surface area contributed by atoms with E-state index in [1.54, 1.807) is 0 Å². The Balaban J connectivity index is 1.92. The van der Waals surface area contributed by atoms with Gasteiger partial charge in [0.05, 0.1) is 16.8 Å². The average molecular weight is 276 g/mol. The minimum Gasteiger partial charge on any atom is -0.475 e. The smallest absolute Gasteiger partial charge is 0.222 e. The van der Waals surface area contributed by atoms with Gasteiger partial charge in [-0.1, -0.05) is 17.3 Å². The van der Waals surface area contributed by atoms with Crippen LogP contribution in [0.2, 0.25) is 0 Å². The van der Waals surface area contributed by atoms with E-state index >= 15 is 0 Å². The molecule has 0 spiro atoms. The molecule has 5 nitrogen and oxygen atoms in total. The SMILES string of the molecule is Cc1noc(CC2(O)C=CCC2)c1C1=NC(C)(C)CO1. The summed E-state index contributed by atoms with van der Waals surface area (Å²) in [6.45, 7) is 6.47. The Labute approximate surface area is 118 Å². The second kappa shape index (κ2) is 4.45. The molecule has 1 aromatic rings. The van der Waals surface area contributed by atoms with Crippen molar-refractivity contribution in [1.82, 2.24) is 5.16 Å². The van der Waals surface area contributed by atoms with Crippen LogP contribution in [-0.2, 0) is 11.2 Å². The van der Waals surface area contributed by atoms with E-state index < -0.39 is 5.60 Å². The largest absolute Gasteiger partial charge is 0.475 e. The molecule has 2 heterocycles. The first-order valence-electron chi connectivity index (χ1n) is 6.97. The van der Waals surface area contributed by atoms with Gasteiger partial charge in [0, 0.05) is 6.42 Å². The molecule has 20 heavy (non-hydrogen) atoms. The van der Waals surface area contributed by atoms with E-state index in [0.29, 0.717) is 31.1 Å². The van der Waals surface area contributed by atoms with Gasteiger partial charge in [-0.25, -0.2) is 4.99 Å². The molecule has 3 rings (SSSR count). The molecule has 5 heteroatoms. The monoisotopic (exact) mass is 276 g/mol. The number of allylic oxidation sites excluding steroid dienone is 1. The predicted molar refractivity (Wildman–Crippen MR) is 74.8 cm³/mol. The molecule has 0 amide bonds. The van der Waals surface area contributed by atoms with Crippen LogP contribution in [0.4, 0.5) is 0 Å². The molecule has 108 valence electrons. The molecule has 1 aromatic heterocycles. The molecule has 0 saturated carbocycles. The van der Waals surface area contributed by atoms with Gasteiger partial charge >= 0.3 is 0 Å². The molecular formula is C15H20N2O3. The van der Waals surface area contributed by atoms with Gasteiger partial charge in [0.15, 0.2) is 5.76 Å². The van der Waals surface area contributed by atoms with E-state index in [-0.39, 0.29) is 5.54 Å². The number of aryl methyl sites for hydroxylation is 1. The van der Waals surface area contributed by atoms with Crippen LogP contribution in [0.3, 0.4) is 0 Å². The Morgan fingerprint density at radius 3 is 2.80 bits per heavy atom. The summed E-state index contributed by atoms with van der Waals surface area (Å²) in [5.74, 6) is 1.22. The molecule has 2 aliphatic rings. The van der Waals surface area contributed by atoms with Gasteiger partial charge in [-0.15, -0.1) is 0 Å². The molecule has 1 atom stereocenters. The lowest BCUT2D eigenvalue weighted by molar-refractivity contribution is 0.0833. The van der Waals surface area contributed by atoms with Crippen LogP contribution in [0.5, 0.6) is 0 Å². The zero-order chi connectivity index (χ0) is 14.4. The van der Waals surface area contributed by atoms with Gasteiger partial charge in [0.1, 0.15) is 12.2 Å². The highest BCUT2D eigenvalue weighted by molar-refractivity contribution is 5.97. The van der Waals surface area contributed by atoms with Crippen LogP contribution in [0.1, 0.15) is 43.7 Å². The Morgan fingerprint density at radius 2 is 2.20 bits per heavy atom. The second-order valence-electron chi connectivity index (χ2n) is 6.31. The van der Waals surface area contributed by atoms with Crippen molar-refractivity contribution in [2.75, 3.05) is 6.61 Å². The first kappa shape index (κ1) is 13.4. The number of ether oxygens (including phenoxy) is 1.